The predicted octanol–water partition coefficient (Wildman–Crippen LogP) is 14.4. The Hall–Kier alpha value is -7.43. The molecule has 2 aliphatic rings. The zero-order chi connectivity index (χ0) is 40.0. The number of aromatic nitrogens is 3. The third kappa shape index (κ3) is 5.41. The Bertz CT molecular complexity index is 3390. The number of allylic oxidation sites excluding steroid dienone is 1. The van der Waals surface area contributed by atoms with Crippen molar-refractivity contribution in [1.29, 1.82) is 0 Å². The molecule has 0 aliphatic heterocycles. The number of nitrogens with zero attached hydrogens (tertiary/aromatic N) is 3. The minimum absolute atomic E-state index is 0.109. The number of furan rings is 1. The second-order valence-electron chi connectivity index (χ2n) is 16.7. The summed E-state index contributed by atoms with van der Waals surface area (Å²) >= 11 is 0. The smallest absolute Gasteiger partial charge is 0.164 e. The highest BCUT2D eigenvalue weighted by atomic mass is 16.3. The molecule has 4 nitrogen and oxygen atoms in total. The molecule has 0 saturated heterocycles. The van der Waals surface area contributed by atoms with Gasteiger partial charge in [0.15, 0.2) is 17.5 Å². The van der Waals surface area contributed by atoms with Crippen LogP contribution in [0.15, 0.2) is 174 Å². The molecule has 0 fully saturated rings. The van der Waals surface area contributed by atoms with Crippen molar-refractivity contribution in [3.8, 4) is 56.4 Å². The molecule has 12 rings (SSSR count). The van der Waals surface area contributed by atoms with Crippen molar-refractivity contribution >= 4 is 44.2 Å². The molecule has 0 bridgehead atoms. The largest absolute Gasteiger partial charge is 0.460 e. The predicted molar refractivity (Wildman–Crippen MR) is 247 cm³/mol. The summed E-state index contributed by atoms with van der Waals surface area (Å²) in [5.74, 6) is 2.88. The molecule has 0 N–H and O–H groups in total. The van der Waals surface area contributed by atoms with Gasteiger partial charge in [0, 0.05) is 39.5 Å². The van der Waals surface area contributed by atoms with Gasteiger partial charge in [-0.15, -0.1) is 0 Å². The zero-order valence-electron chi connectivity index (χ0n) is 33.4. The molecule has 60 heavy (non-hydrogen) atoms. The van der Waals surface area contributed by atoms with Gasteiger partial charge in [-0.3, -0.25) is 0 Å². The highest BCUT2D eigenvalue weighted by molar-refractivity contribution is 6.09. The first-order chi connectivity index (χ1) is 29.5. The van der Waals surface area contributed by atoms with Crippen LogP contribution in [0.5, 0.6) is 0 Å². The summed E-state index contributed by atoms with van der Waals surface area (Å²) in [6.45, 7) is 4.68. The van der Waals surface area contributed by atoms with E-state index in [4.69, 9.17) is 19.4 Å². The number of hydrogen-bond acceptors (Lipinski definition) is 4. The number of rotatable bonds is 5. The average Bonchev–Trinajstić information content (AvgIpc) is 3.80. The van der Waals surface area contributed by atoms with Gasteiger partial charge in [-0.2, -0.15) is 0 Å². The summed E-state index contributed by atoms with van der Waals surface area (Å²) in [6, 6.07) is 60.6. The molecule has 0 unspecified atom stereocenters. The van der Waals surface area contributed by atoms with Crippen molar-refractivity contribution in [3.05, 3.63) is 198 Å². The number of hydrogen-bond donors (Lipinski definition) is 0. The van der Waals surface area contributed by atoms with Crippen LogP contribution in [-0.4, -0.2) is 15.0 Å². The molecule has 0 atom stereocenters. The van der Waals surface area contributed by atoms with E-state index in [-0.39, 0.29) is 5.41 Å². The van der Waals surface area contributed by atoms with Crippen LogP contribution in [-0.2, 0) is 11.8 Å². The van der Waals surface area contributed by atoms with Gasteiger partial charge < -0.3 is 4.42 Å². The van der Waals surface area contributed by atoms with E-state index < -0.39 is 0 Å². The Labute approximate surface area is 348 Å². The van der Waals surface area contributed by atoms with E-state index in [1.807, 2.05) is 24.3 Å². The first-order valence-electron chi connectivity index (χ1n) is 20.8. The van der Waals surface area contributed by atoms with Gasteiger partial charge in [-0.25, -0.2) is 15.0 Å². The highest BCUT2D eigenvalue weighted by Gasteiger charge is 2.37. The number of fused-ring (bicyclic) bond motifs is 9. The summed E-state index contributed by atoms with van der Waals surface area (Å²) in [5.41, 5.74) is 15.0. The Kier molecular flexibility index (Phi) is 7.67. The monoisotopic (exact) mass is 769 g/mol. The Morgan fingerprint density at radius 3 is 1.93 bits per heavy atom. The van der Waals surface area contributed by atoms with E-state index in [0.717, 1.165) is 51.8 Å². The number of aryl methyl sites for hydroxylation is 1. The normalized spacial score (nSPS) is 13.9. The van der Waals surface area contributed by atoms with E-state index in [2.05, 4.69) is 166 Å². The molecule has 284 valence electrons. The van der Waals surface area contributed by atoms with Crippen molar-refractivity contribution in [2.75, 3.05) is 0 Å². The van der Waals surface area contributed by atoms with Crippen LogP contribution in [0.1, 0.15) is 48.3 Å². The summed E-state index contributed by atoms with van der Waals surface area (Å²) < 4.78 is 6.60. The van der Waals surface area contributed by atoms with E-state index in [0.29, 0.717) is 17.5 Å². The summed E-state index contributed by atoms with van der Waals surface area (Å²) in [6.07, 6.45) is 4.05. The van der Waals surface area contributed by atoms with Crippen LogP contribution in [0.4, 0.5) is 0 Å². The van der Waals surface area contributed by atoms with Gasteiger partial charge in [-0.1, -0.05) is 172 Å². The van der Waals surface area contributed by atoms with Gasteiger partial charge in [-0.05, 0) is 90.7 Å². The second-order valence-corrected chi connectivity index (χ2v) is 16.7. The van der Waals surface area contributed by atoms with Crippen LogP contribution >= 0.6 is 0 Å². The molecule has 0 amide bonds. The summed E-state index contributed by atoms with van der Waals surface area (Å²) in [5, 5.41) is 6.08. The Morgan fingerprint density at radius 2 is 1.08 bits per heavy atom. The van der Waals surface area contributed by atoms with Crippen LogP contribution in [0.3, 0.4) is 0 Å². The SMILES string of the molecule is CC1(C)c2ccccc2-c2cccc(-c3ccc(-c4nc(-c5ccccc5)nc(-c5cccc6oc7c(c56)C=C(c5ccc6ccc8ccccc8c6c5)CC7)n4)cc3)c21. The lowest BCUT2D eigenvalue weighted by atomic mass is 9.79. The second kappa shape index (κ2) is 13.3. The molecule has 0 radical (unpaired) electrons. The number of benzene rings is 8. The molecule has 0 spiro atoms. The fraction of sp³-hybridized carbons (Fsp3) is 0.0893. The van der Waals surface area contributed by atoms with E-state index in [1.165, 1.54) is 66.1 Å². The molecular formula is C56H39N3O. The first kappa shape index (κ1) is 34.6. The quantitative estimate of drug-likeness (QED) is 0.164. The van der Waals surface area contributed by atoms with Crippen molar-refractivity contribution < 1.29 is 4.42 Å². The van der Waals surface area contributed by atoms with Crippen LogP contribution < -0.4 is 0 Å². The molecule has 4 heteroatoms. The molecule has 2 heterocycles. The van der Waals surface area contributed by atoms with Crippen LogP contribution in [0, 0.1) is 0 Å². The van der Waals surface area contributed by atoms with E-state index in [9.17, 15) is 0 Å². The summed E-state index contributed by atoms with van der Waals surface area (Å²) in [4.78, 5) is 15.5. The van der Waals surface area contributed by atoms with Crippen molar-refractivity contribution in [1.82, 2.24) is 15.0 Å². The molecule has 8 aromatic carbocycles. The zero-order valence-corrected chi connectivity index (χ0v) is 33.4. The third-order valence-electron chi connectivity index (χ3n) is 12.8. The maximum absolute atomic E-state index is 6.60. The molecule has 2 aromatic heterocycles. The fourth-order valence-electron chi connectivity index (χ4n) is 9.90. The van der Waals surface area contributed by atoms with Gasteiger partial charge in [0.2, 0.25) is 0 Å². The minimum atomic E-state index is -0.109. The van der Waals surface area contributed by atoms with Gasteiger partial charge >= 0.3 is 0 Å². The molecule has 10 aromatic rings. The average molecular weight is 770 g/mol. The molecular weight excluding hydrogens is 731 g/mol. The molecule has 2 aliphatic carbocycles. The lowest BCUT2D eigenvalue weighted by Gasteiger charge is -2.24. The van der Waals surface area contributed by atoms with E-state index >= 15 is 0 Å². The molecule has 0 saturated carbocycles. The third-order valence-corrected chi connectivity index (χ3v) is 12.8. The van der Waals surface area contributed by atoms with E-state index in [1.54, 1.807) is 0 Å². The van der Waals surface area contributed by atoms with Crippen molar-refractivity contribution in [2.45, 2.75) is 32.1 Å². The fourth-order valence-corrected chi connectivity index (χ4v) is 9.90. The summed E-state index contributed by atoms with van der Waals surface area (Å²) in [7, 11) is 0. The standard InChI is InChI=1S/C56H39N3O/c1-56(2)48-20-9-8-16-43(48)44-18-10-17-42(52(44)56)35-24-27-38(28-25-35)54-57-53(37-13-4-3-5-14-37)58-55(59-54)45-19-11-21-50-51(45)47-33-40(30-31-49(47)60-50)39-29-26-36-23-22-34-12-6-7-15-41(34)46(36)32-39/h3-29,32-33H,30-31H2,1-2H3. The van der Waals surface area contributed by atoms with Crippen molar-refractivity contribution in [3.63, 3.8) is 0 Å². The van der Waals surface area contributed by atoms with Crippen LogP contribution in [0.2, 0.25) is 0 Å². The lowest BCUT2D eigenvalue weighted by Crippen LogP contribution is -2.16. The van der Waals surface area contributed by atoms with Crippen molar-refractivity contribution in [2.24, 2.45) is 0 Å². The van der Waals surface area contributed by atoms with Gasteiger partial charge in [0.05, 0.1) is 0 Å². The highest BCUT2D eigenvalue weighted by Crippen LogP contribution is 2.52. The van der Waals surface area contributed by atoms with Gasteiger partial charge in [0.1, 0.15) is 11.3 Å². The van der Waals surface area contributed by atoms with Gasteiger partial charge in [0.25, 0.3) is 0 Å². The lowest BCUT2D eigenvalue weighted by molar-refractivity contribution is 0.548. The Balaban J connectivity index is 0.975. The topological polar surface area (TPSA) is 51.8 Å². The minimum Gasteiger partial charge on any atom is -0.460 e. The maximum atomic E-state index is 6.60. The first-order valence-corrected chi connectivity index (χ1v) is 20.8. The van der Waals surface area contributed by atoms with Crippen LogP contribution in [0.25, 0.3) is 101 Å². The maximum Gasteiger partial charge on any atom is 0.164 e. The Morgan fingerprint density at radius 1 is 0.467 bits per heavy atom.